The molecule has 0 spiro atoms. The third-order valence-corrected chi connectivity index (χ3v) is 9.40. The largest absolute Gasteiger partial charge is 0.586 e. The number of amides is 1. The predicted octanol–water partition coefficient (Wildman–Crippen LogP) is 2.40. The lowest BCUT2D eigenvalue weighted by Gasteiger charge is -2.39. The number of hydrogen-bond acceptors (Lipinski definition) is 6. The van der Waals surface area contributed by atoms with Crippen LogP contribution < -0.4 is 14.8 Å². The Hall–Kier alpha value is -1.98. The number of nitrogens with zero attached hydrogens (tertiary/aromatic N) is 2. The molecular formula is C22H29F2N3O5S. The van der Waals surface area contributed by atoms with E-state index in [0.29, 0.717) is 12.8 Å². The molecule has 2 bridgehead atoms. The van der Waals surface area contributed by atoms with Gasteiger partial charge in [-0.3, -0.25) is 4.79 Å². The number of fused-ring (bicyclic) bond motifs is 3. The second kappa shape index (κ2) is 8.35. The van der Waals surface area contributed by atoms with Crippen LogP contribution in [0.25, 0.3) is 0 Å². The maximum Gasteiger partial charge on any atom is 0.586 e. The van der Waals surface area contributed by atoms with Gasteiger partial charge in [-0.1, -0.05) is 0 Å². The van der Waals surface area contributed by atoms with Crippen LogP contribution in [0.5, 0.6) is 11.5 Å². The van der Waals surface area contributed by atoms with Gasteiger partial charge in [-0.05, 0) is 82.8 Å². The van der Waals surface area contributed by atoms with Gasteiger partial charge in [0.1, 0.15) is 0 Å². The van der Waals surface area contributed by atoms with Crippen molar-refractivity contribution >= 4 is 15.9 Å². The Morgan fingerprint density at radius 1 is 1.09 bits per heavy atom. The molecule has 4 heterocycles. The molecule has 5 rings (SSSR count). The Kier molecular flexibility index (Phi) is 5.77. The van der Waals surface area contributed by atoms with Crippen molar-refractivity contribution in [2.45, 2.75) is 62.9 Å². The van der Waals surface area contributed by atoms with Crippen LogP contribution in [0.2, 0.25) is 0 Å². The predicted molar refractivity (Wildman–Crippen MR) is 116 cm³/mol. The normalized spacial score (nSPS) is 29.8. The van der Waals surface area contributed by atoms with Gasteiger partial charge in [-0.15, -0.1) is 8.78 Å². The molecule has 11 heteroatoms. The van der Waals surface area contributed by atoms with Crippen LogP contribution in [0, 0.1) is 5.92 Å². The molecule has 33 heavy (non-hydrogen) atoms. The number of rotatable bonds is 5. The minimum atomic E-state index is -3.73. The smallest absolute Gasteiger partial charge is 0.395 e. The fourth-order valence-corrected chi connectivity index (χ4v) is 8.07. The van der Waals surface area contributed by atoms with Crippen LogP contribution >= 0.6 is 0 Å². The van der Waals surface area contributed by atoms with Crippen LogP contribution in [0.15, 0.2) is 18.2 Å². The second-order valence-electron chi connectivity index (χ2n) is 9.71. The first-order chi connectivity index (χ1) is 15.6. The summed E-state index contributed by atoms with van der Waals surface area (Å²) in [6, 6.07) is 3.54. The summed E-state index contributed by atoms with van der Waals surface area (Å²) < 4.78 is 63.5. The van der Waals surface area contributed by atoms with E-state index in [9.17, 15) is 22.0 Å². The number of nitrogens with one attached hydrogen (secondary N) is 1. The molecule has 4 aliphatic rings. The Morgan fingerprint density at radius 3 is 2.39 bits per heavy atom. The lowest BCUT2D eigenvalue weighted by Crippen LogP contribution is -2.53. The maximum absolute atomic E-state index is 13.2. The highest BCUT2D eigenvalue weighted by molar-refractivity contribution is 7.89. The highest BCUT2D eigenvalue weighted by Crippen LogP contribution is 2.42. The van der Waals surface area contributed by atoms with Gasteiger partial charge in [0.25, 0.3) is 5.91 Å². The van der Waals surface area contributed by atoms with Gasteiger partial charge in [0.2, 0.25) is 10.0 Å². The molecule has 0 aromatic heterocycles. The minimum Gasteiger partial charge on any atom is -0.395 e. The van der Waals surface area contributed by atoms with Crippen LogP contribution in [-0.4, -0.2) is 73.8 Å². The van der Waals surface area contributed by atoms with Crippen LogP contribution in [0.1, 0.15) is 48.9 Å². The van der Waals surface area contributed by atoms with Crippen molar-refractivity contribution in [3.63, 3.8) is 0 Å². The Morgan fingerprint density at radius 2 is 1.73 bits per heavy atom. The summed E-state index contributed by atoms with van der Waals surface area (Å²) in [6.07, 6.45) is 0.765. The molecule has 8 nitrogen and oxygen atoms in total. The summed E-state index contributed by atoms with van der Waals surface area (Å²) in [5, 5.41) is 2.96. The molecule has 0 aliphatic carbocycles. The fraction of sp³-hybridized carbons (Fsp3) is 0.682. The van der Waals surface area contributed by atoms with Crippen LogP contribution in [0.4, 0.5) is 8.78 Å². The van der Waals surface area contributed by atoms with Crippen molar-refractivity contribution in [2.24, 2.45) is 5.92 Å². The van der Waals surface area contributed by atoms with Gasteiger partial charge < -0.3 is 19.7 Å². The Labute approximate surface area is 192 Å². The maximum atomic E-state index is 13.2. The van der Waals surface area contributed by atoms with E-state index in [0.717, 1.165) is 38.8 Å². The molecular weight excluding hydrogens is 456 g/mol. The summed E-state index contributed by atoms with van der Waals surface area (Å²) in [4.78, 5) is 15.0. The van der Waals surface area contributed by atoms with E-state index in [4.69, 9.17) is 0 Å². The van der Waals surface area contributed by atoms with Crippen LogP contribution in [-0.2, 0) is 10.0 Å². The van der Waals surface area contributed by atoms with E-state index in [1.807, 2.05) is 0 Å². The summed E-state index contributed by atoms with van der Waals surface area (Å²) >= 11 is 0. The third-order valence-electron chi connectivity index (χ3n) is 7.27. The number of likely N-dealkylation sites (tertiary alicyclic amines) is 1. The molecule has 4 aliphatic heterocycles. The highest BCUT2D eigenvalue weighted by atomic mass is 32.2. The van der Waals surface area contributed by atoms with Gasteiger partial charge in [-0.25, -0.2) is 8.42 Å². The molecule has 3 atom stereocenters. The van der Waals surface area contributed by atoms with Crippen molar-refractivity contribution in [1.29, 1.82) is 0 Å². The minimum absolute atomic E-state index is 0.110. The zero-order chi connectivity index (χ0) is 23.4. The quantitative estimate of drug-likeness (QED) is 0.689. The topological polar surface area (TPSA) is 88.2 Å². The third kappa shape index (κ3) is 4.67. The first kappa shape index (κ1) is 22.8. The molecule has 1 N–H and O–H groups in total. The number of sulfonamides is 1. The summed E-state index contributed by atoms with van der Waals surface area (Å²) in [5.74, 6) is -0.294. The number of carbonyl (C=O) groups is 1. The Bertz CT molecular complexity index is 1010. The van der Waals surface area contributed by atoms with E-state index >= 15 is 0 Å². The number of alkyl halides is 2. The summed E-state index contributed by atoms with van der Waals surface area (Å²) in [5.41, 5.74) is 0.194. The average Bonchev–Trinajstić information content (AvgIpc) is 3.21. The number of benzene rings is 1. The molecule has 1 aromatic rings. The Balaban J connectivity index is 1.21. The average molecular weight is 486 g/mol. The second-order valence-corrected chi connectivity index (χ2v) is 11.6. The van der Waals surface area contributed by atoms with Crippen molar-refractivity contribution < 1.29 is 31.5 Å². The number of ether oxygens (including phenoxy) is 2. The van der Waals surface area contributed by atoms with Gasteiger partial charge in [0.15, 0.2) is 11.5 Å². The van der Waals surface area contributed by atoms with E-state index in [-0.39, 0.29) is 46.9 Å². The molecule has 3 saturated heterocycles. The van der Waals surface area contributed by atoms with E-state index in [1.165, 1.54) is 18.2 Å². The van der Waals surface area contributed by atoms with E-state index in [2.05, 4.69) is 26.7 Å². The van der Waals surface area contributed by atoms with Crippen LogP contribution in [0.3, 0.4) is 0 Å². The summed E-state index contributed by atoms with van der Waals surface area (Å²) in [6.45, 7) is 1.86. The zero-order valence-corrected chi connectivity index (χ0v) is 19.3. The lowest BCUT2D eigenvalue weighted by atomic mass is 9.99. The van der Waals surface area contributed by atoms with E-state index in [1.54, 1.807) is 4.31 Å². The van der Waals surface area contributed by atoms with Crippen molar-refractivity contribution in [3.8, 4) is 11.5 Å². The number of carbonyl (C=O) groups excluding carboxylic acids is 1. The van der Waals surface area contributed by atoms with Crippen molar-refractivity contribution in [1.82, 2.24) is 14.5 Å². The van der Waals surface area contributed by atoms with Gasteiger partial charge in [0.05, 0.1) is 5.75 Å². The van der Waals surface area contributed by atoms with Crippen molar-refractivity contribution in [3.05, 3.63) is 23.8 Å². The summed E-state index contributed by atoms with van der Waals surface area (Å²) in [7, 11) is -1.30. The monoisotopic (exact) mass is 485 g/mol. The molecule has 182 valence electrons. The SMILES string of the molecule is CN1CCC(CS(=O)(=O)N2[C@@H]3CC[C@H]2CC(NC(=O)c2ccc4c(c2)OC(F)(F)O4)C3)CC1. The first-order valence-corrected chi connectivity index (χ1v) is 13.1. The standard InChI is InChI=1S/C22H29F2N3O5S/c1-26-8-6-14(7-9-26)13-33(29,30)27-17-3-4-18(27)12-16(11-17)25-21(28)15-2-5-19-20(10-15)32-22(23,24)31-19/h2,5,10,14,16-18H,3-4,6-9,11-13H2,1H3,(H,25,28)/t16?,17-,18+. The van der Waals surface area contributed by atoms with Gasteiger partial charge >= 0.3 is 6.29 Å². The van der Waals surface area contributed by atoms with Gasteiger partial charge in [-0.2, -0.15) is 4.31 Å². The molecule has 1 unspecified atom stereocenters. The highest BCUT2D eigenvalue weighted by Gasteiger charge is 2.48. The van der Waals surface area contributed by atoms with Crippen molar-refractivity contribution in [2.75, 3.05) is 25.9 Å². The molecule has 0 radical (unpaired) electrons. The first-order valence-electron chi connectivity index (χ1n) is 11.5. The molecule has 3 fully saturated rings. The number of halogens is 2. The molecule has 1 aromatic carbocycles. The van der Waals surface area contributed by atoms with E-state index < -0.39 is 22.2 Å². The molecule has 1 amide bonds. The zero-order valence-electron chi connectivity index (χ0n) is 18.5. The lowest BCUT2D eigenvalue weighted by molar-refractivity contribution is -0.286. The number of hydrogen-bond donors (Lipinski definition) is 1. The fourth-order valence-electron chi connectivity index (χ4n) is 5.68. The van der Waals surface area contributed by atoms with Gasteiger partial charge in [0, 0.05) is 23.7 Å². The molecule has 0 saturated carbocycles. The number of piperidine rings is 2.